The predicted octanol–water partition coefficient (Wildman–Crippen LogP) is 6.52. The minimum atomic E-state index is -1.12. The zero-order chi connectivity index (χ0) is 31.0. The van der Waals surface area contributed by atoms with Crippen LogP contribution in [0, 0.1) is 5.82 Å². The van der Waals surface area contributed by atoms with Crippen LogP contribution >= 0.6 is 23.1 Å². The first-order valence-electron chi connectivity index (χ1n) is 13.1. The lowest BCUT2D eigenvalue weighted by Crippen LogP contribution is -2.31. The SMILES string of the molecule is COc1ccc(C2C(C(=O)c3cc4cccc(OC)c4o3)=C(O)C(=O)N2c2nnc(SCc3ccccc3F)s2)cc1OC. The van der Waals surface area contributed by atoms with Crippen LogP contribution in [0.15, 0.2) is 86.8 Å². The maximum atomic E-state index is 14.2. The van der Waals surface area contributed by atoms with Gasteiger partial charge in [-0.3, -0.25) is 14.5 Å². The van der Waals surface area contributed by atoms with E-state index in [-0.39, 0.29) is 28.0 Å². The highest BCUT2D eigenvalue weighted by Gasteiger charge is 2.47. The van der Waals surface area contributed by atoms with E-state index in [1.807, 2.05) is 0 Å². The van der Waals surface area contributed by atoms with E-state index in [4.69, 9.17) is 18.6 Å². The van der Waals surface area contributed by atoms with Crippen LogP contribution in [0.1, 0.15) is 27.7 Å². The summed E-state index contributed by atoms with van der Waals surface area (Å²) >= 11 is 2.32. The lowest BCUT2D eigenvalue weighted by molar-refractivity contribution is -0.117. The summed E-state index contributed by atoms with van der Waals surface area (Å²) in [5.41, 5.74) is 1.07. The number of methoxy groups -OCH3 is 3. The number of carbonyl (C=O) groups is 2. The van der Waals surface area contributed by atoms with Crippen LogP contribution in [0.2, 0.25) is 0 Å². The molecule has 0 bridgehead atoms. The average molecular weight is 634 g/mol. The van der Waals surface area contributed by atoms with Crippen LogP contribution in [0.5, 0.6) is 17.2 Å². The molecule has 0 fully saturated rings. The summed E-state index contributed by atoms with van der Waals surface area (Å²) in [7, 11) is 4.43. The number of ketones is 1. The summed E-state index contributed by atoms with van der Waals surface area (Å²) in [4.78, 5) is 28.9. The van der Waals surface area contributed by atoms with Crippen LogP contribution in [0.3, 0.4) is 0 Å². The molecule has 0 saturated carbocycles. The molecule has 0 radical (unpaired) electrons. The van der Waals surface area contributed by atoms with Gasteiger partial charge in [-0.15, -0.1) is 10.2 Å². The van der Waals surface area contributed by atoms with Gasteiger partial charge in [-0.2, -0.15) is 0 Å². The molecule has 5 aromatic rings. The monoisotopic (exact) mass is 633 g/mol. The molecule has 0 saturated heterocycles. The molecule has 1 unspecified atom stereocenters. The number of halogens is 1. The zero-order valence-corrected chi connectivity index (χ0v) is 25.2. The van der Waals surface area contributed by atoms with Gasteiger partial charge in [0.25, 0.3) is 5.91 Å². The summed E-state index contributed by atoms with van der Waals surface area (Å²) in [5, 5.41) is 20.3. The zero-order valence-electron chi connectivity index (χ0n) is 23.6. The number of benzene rings is 3. The molecule has 224 valence electrons. The van der Waals surface area contributed by atoms with Crippen molar-refractivity contribution < 1.29 is 37.7 Å². The second-order valence-electron chi connectivity index (χ2n) is 9.50. The summed E-state index contributed by atoms with van der Waals surface area (Å²) in [6, 6.07) is 16.9. The molecule has 3 heterocycles. The summed E-state index contributed by atoms with van der Waals surface area (Å²) in [6.07, 6.45) is 0. The van der Waals surface area contributed by atoms with Gasteiger partial charge in [0.2, 0.25) is 10.9 Å². The smallest absolute Gasteiger partial charge is 0.296 e. The van der Waals surface area contributed by atoms with Gasteiger partial charge >= 0.3 is 0 Å². The number of aliphatic hydroxyl groups excluding tert-OH is 1. The molecular weight excluding hydrogens is 609 g/mol. The third-order valence-corrected chi connectivity index (χ3v) is 9.14. The lowest BCUT2D eigenvalue weighted by atomic mass is 9.95. The summed E-state index contributed by atoms with van der Waals surface area (Å²) in [6.45, 7) is 0. The number of furan rings is 1. The van der Waals surface area contributed by atoms with Crippen molar-refractivity contribution in [3.63, 3.8) is 0 Å². The number of fused-ring (bicyclic) bond motifs is 1. The van der Waals surface area contributed by atoms with Gasteiger partial charge in [-0.05, 0) is 41.5 Å². The molecule has 3 aromatic carbocycles. The van der Waals surface area contributed by atoms with E-state index in [0.717, 1.165) is 11.3 Å². The maximum Gasteiger partial charge on any atom is 0.296 e. The van der Waals surface area contributed by atoms with Gasteiger partial charge in [0.15, 0.2) is 38.7 Å². The fraction of sp³-hybridized carbons (Fsp3) is 0.161. The Morgan fingerprint density at radius 3 is 2.52 bits per heavy atom. The Balaban J connectivity index is 1.41. The Morgan fingerprint density at radius 1 is 1.00 bits per heavy atom. The number of aliphatic hydroxyl groups is 1. The Hall–Kier alpha value is -4.88. The minimum Gasteiger partial charge on any atom is -0.503 e. The van der Waals surface area contributed by atoms with Crippen LogP contribution in [0.25, 0.3) is 11.0 Å². The molecule has 0 spiro atoms. The predicted molar refractivity (Wildman–Crippen MR) is 162 cm³/mol. The molecule has 1 aliphatic heterocycles. The second kappa shape index (κ2) is 12.0. The molecule has 44 heavy (non-hydrogen) atoms. The van der Waals surface area contributed by atoms with Gasteiger partial charge in [-0.1, -0.05) is 59.5 Å². The molecule has 1 N–H and O–H groups in total. The normalized spacial score (nSPS) is 14.9. The summed E-state index contributed by atoms with van der Waals surface area (Å²) < 4.78 is 36.7. The Kier molecular flexibility index (Phi) is 7.97. The van der Waals surface area contributed by atoms with Crippen molar-refractivity contribution in [3.05, 3.63) is 101 Å². The number of hydrogen-bond acceptors (Lipinski definition) is 11. The fourth-order valence-corrected chi connectivity index (χ4v) is 6.78. The molecule has 1 amide bonds. The molecule has 1 aliphatic rings. The Morgan fingerprint density at radius 2 is 1.77 bits per heavy atom. The Labute approximate surface area is 258 Å². The highest BCUT2D eigenvalue weighted by Crippen LogP contribution is 2.46. The van der Waals surface area contributed by atoms with Crippen molar-refractivity contribution in [2.45, 2.75) is 16.1 Å². The fourth-order valence-electron chi connectivity index (χ4n) is 4.93. The number of aromatic nitrogens is 2. The van der Waals surface area contributed by atoms with Crippen molar-refractivity contribution in [1.29, 1.82) is 0 Å². The van der Waals surface area contributed by atoms with E-state index in [9.17, 15) is 19.1 Å². The second-order valence-corrected chi connectivity index (χ2v) is 11.7. The highest BCUT2D eigenvalue weighted by atomic mass is 32.2. The molecular formula is C31H24FN3O7S2. The maximum absolute atomic E-state index is 14.2. The van der Waals surface area contributed by atoms with Gasteiger partial charge in [0.1, 0.15) is 5.82 Å². The molecule has 0 aliphatic carbocycles. The van der Waals surface area contributed by atoms with Gasteiger partial charge in [0.05, 0.1) is 32.9 Å². The molecule has 13 heteroatoms. The van der Waals surface area contributed by atoms with Crippen molar-refractivity contribution in [3.8, 4) is 17.2 Å². The first-order valence-corrected chi connectivity index (χ1v) is 14.9. The van der Waals surface area contributed by atoms with Crippen molar-refractivity contribution in [2.24, 2.45) is 0 Å². The number of rotatable bonds is 10. The largest absolute Gasteiger partial charge is 0.503 e. The number of thioether (sulfide) groups is 1. The first-order chi connectivity index (χ1) is 21.3. The van der Waals surface area contributed by atoms with Crippen molar-refractivity contribution in [2.75, 3.05) is 26.2 Å². The standard InChI is InChI=1S/C31H24FN3O7S2/c1-39-20-12-11-16(13-22(20)41-3)25-24(26(36)23-14-17-8-6-10-21(40-2)28(17)42-23)27(37)29(38)35(25)30-33-34-31(44-30)43-15-18-7-4-5-9-19(18)32/h4-14,25,37H,15H2,1-3H3. The number of para-hydroxylation sites is 1. The number of nitrogens with zero attached hydrogens (tertiary/aromatic N) is 3. The summed E-state index contributed by atoms with van der Waals surface area (Å²) in [5.74, 6) is -1.23. The molecule has 2 aromatic heterocycles. The molecule has 1 atom stereocenters. The van der Waals surface area contributed by atoms with Crippen LogP contribution < -0.4 is 19.1 Å². The third-order valence-electron chi connectivity index (χ3n) is 7.04. The number of amides is 1. The van der Waals surface area contributed by atoms with E-state index in [0.29, 0.717) is 43.7 Å². The van der Waals surface area contributed by atoms with E-state index in [1.54, 1.807) is 54.6 Å². The number of hydrogen-bond donors (Lipinski definition) is 1. The van der Waals surface area contributed by atoms with Crippen LogP contribution in [-0.2, 0) is 10.5 Å². The third kappa shape index (κ3) is 5.13. The van der Waals surface area contributed by atoms with Crippen LogP contribution in [0.4, 0.5) is 9.52 Å². The van der Waals surface area contributed by atoms with Gasteiger partial charge in [-0.25, -0.2) is 4.39 Å². The topological polar surface area (TPSA) is 124 Å². The van der Waals surface area contributed by atoms with Gasteiger partial charge in [0, 0.05) is 11.1 Å². The van der Waals surface area contributed by atoms with E-state index in [2.05, 4.69) is 10.2 Å². The van der Waals surface area contributed by atoms with Crippen molar-refractivity contribution in [1.82, 2.24) is 10.2 Å². The van der Waals surface area contributed by atoms with E-state index >= 15 is 0 Å². The number of Topliss-reactive ketones (excluding diaryl/α,β-unsaturated/α-hetero) is 1. The average Bonchev–Trinajstić information content (AvgIpc) is 3.76. The van der Waals surface area contributed by atoms with Crippen molar-refractivity contribution >= 4 is 50.9 Å². The first kappa shape index (κ1) is 29.2. The van der Waals surface area contributed by atoms with Crippen LogP contribution in [-0.4, -0.2) is 48.3 Å². The van der Waals surface area contributed by atoms with E-state index in [1.165, 1.54) is 50.1 Å². The number of anilines is 1. The van der Waals surface area contributed by atoms with Gasteiger partial charge < -0.3 is 23.7 Å². The number of carbonyl (C=O) groups excluding carboxylic acids is 2. The lowest BCUT2D eigenvalue weighted by Gasteiger charge is -2.24. The Bertz CT molecular complexity index is 1940. The quantitative estimate of drug-likeness (QED) is 0.103. The van der Waals surface area contributed by atoms with E-state index < -0.39 is 23.5 Å². The minimum absolute atomic E-state index is 0.0930. The highest BCUT2D eigenvalue weighted by molar-refractivity contribution is 8.00. The molecule has 6 rings (SSSR count). The molecule has 10 nitrogen and oxygen atoms in total. The number of ether oxygens (including phenoxy) is 3.